The smallest absolute Gasteiger partial charge is 0.310 e. The van der Waals surface area contributed by atoms with E-state index in [4.69, 9.17) is 9.84 Å². The first-order valence-electron chi connectivity index (χ1n) is 7.27. The quantitative estimate of drug-likeness (QED) is 0.650. The number of nitro groups is 1. The van der Waals surface area contributed by atoms with Crippen LogP contribution in [0.5, 0.6) is 5.75 Å². The summed E-state index contributed by atoms with van der Waals surface area (Å²) in [4.78, 5) is 35.1. The van der Waals surface area contributed by atoms with Gasteiger partial charge in [-0.15, -0.1) is 0 Å². The summed E-state index contributed by atoms with van der Waals surface area (Å²) in [7, 11) is 0. The molecule has 0 aliphatic carbocycles. The standard InChI is InChI=1S/C15H18N2O6/c1-10-8-16(7-6-11(10)15(19)20)14(18)9-23-13-5-3-2-4-12(13)17(21)22/h2-5,10-11H,6-9H2,1H3,(H,19,20). The van der Waals surface area contributed by atoms with Crippen molar-refractivity contribution in [2.45, 2.75) is 13.3 Å². The van der Waals surface area contributed by atoms with Gasteiger partial charge in [-0.3, -0.25) is 19.7 Å². The topological polar surface area (TPSA) is 110 Å². The monoisotopic (exact) mass is 322 g/mol. The number of hydrogen-bond acceptors (Lipinski definition) is 5. The highest BCUT2D eigenvalue weighted by atomic mass is 16.6. The number of para-hydroxylation sites is 2. The Balaban J connectivity index is 1.94. The molecule has 2 rings (SSSR count). The molecule has 1 heterocycles. The summed E-state index contributed by atoms with van der Waals surface area (Å²) in [5.41, 5.74) is -0.196. The highest BCUT2D eigenvalue weighted by Crippen LogP contribution is 2.26. The number of hydrogen-bond donors (Lipinski definition) is 1. The van der Waals surface area contributed by atoms with Gasteiger partial charge in [-0.25, -0.2) is 0 Å². The van der Waals surface area contributed by atoms with E-state index in [1.165, 1.54) is 18.2 Å². The van der Waals surface area contributed by atoms with Crippen LogP contribution in [-0.2, 0) is 9.59 Å². The van der Waals surface area contributed by atoms with Gasteiger partial charge < -0.3 is 14.7 Å². The fraction of sp³-hybridized carbons (Fsp3) is 0.467. The lowest BCUT2D eigenvalue weighted by atomic mass is 9.87. The maximum atomic E-state index is 12.2. The molecule has 124 valence electrons. The fourth-order valence-corrected chi connectivity index (χ4v) is 2.70. The van der Waals surface area contributed by atoms with Gasteiger partial charge in [-0.1, -0.05) is 19.1 Å². The maximum absolute atomic E-state index is 12.2. The number of amides is 1. The van der Waals surface area contributed by atoms with Crippen LogP contribution in [0.15, 0.2) is 24.3 Å². The Labute approximate surface area is 132 Å². The highest BCUT2D eigenvalue weighted by molar-refractivity contribution is 5.78. The Morgan fingerprint density at radius 3 is 2.74 bits per heavy atom. The molecular formula is C15H18N2O6. The molecule has 1 amide bonds. The number of nitro benzene ring substituents is 1. The van der Waals surface area contributed by atoms with Gasteiger partial charge in [0.05, 0.1) is 10.8 Å². The molecule has 1 aliphatic rings. The molecule has 1 fully saturated rings. The maximum Gasteiger partial charge on any atom is 0.310 e. The molecule has 8 heteroatoms. The number of carbonyl (C=O) groups is 2. The summed E-state index contributed by atoms with van der Waals surface area (Å²) in [6, 6.07) is 5.85. The van der Waals surface area contributed by atoms with Crippen LogP contribution in [0.1, 0.15) is 13.3 Å². The van der Waals surface area contributed by atoms with E-state index >= 15 is 0 Å². The van der Waals surface area contributed by atoms with Crippen molar-refractivity contribution >= 4 is 17.6 Å². The molecule has 0 saturated carbocycles. The second kappa shape index (κ2) is 7.08. The van der Waals surface area contributed by atoms with Gasteiger partial charge in [0.1, 0.15) is 0 Å². The fourth-order valence-electron chi connectivity index (χ4n) is 2.70. The van der Waals surface area contributed by atoms with Gasteiger partial charge in [0.25, 0.3) is 5.91 Å². The number of carboxylic acids is 1. The molecule has 1 aromatic carbocycles. The second-order valence-corrected chi connectivity index (χ2v) is 5.56. The number of carbonyl (C=O) groups excluding carboxylic acids is 1. The normalized spacial score (nSPS) is 20.8. The molecule has 0 bridgehead atoms. The third-order valence-corrected chi connectivity index (χ3v) is 3.99. The molecule has 0 radical (unpaired) electrons. The second-order valence-electron chi connectivity index (χ2n) is 5.56. The molecule has 0 aromatic heterocycles. The molecule has 2 atom stereocenters. The number of nitrogens with zero attached hydrogens (tertiary/aromatic N) is 2. The van der Waals surface area contributed by atoms with Crippen LogP contribution in [0, 0.1) is 22.0 Å². The van der Waals surface area contributed by atoms with Crippen LogP contribution in [0.25, 0.3) is 0 Å². The summed E-state index contributed by atoms with van der Waals surface area (Å²) < 4.78 is 5.27. The third kappa shape index (κ3) is 3.97. The number of rotatable bonds is 5. The SMILES string of the molecule is CC1CN(C(=O)COc2ccccc2[N+](=O)[O-])CCC1C(=O)O. The van der Waals surface area contributed by atoms with E-state index in [2.05, 4.69) is 0 Å². The van der Waals surface area contributed by atoms with Gasteiger partial charge in [-0.05, 0) is 18.4 Å². The van der Waals surface area contributed by atoms with Crippen molar-refractivity contribution < 1.29 is 24.4 Å². The van der Waals surface area contributed by atoms with Crippen LogP contribution in [0.2, 0.25) is 0 Å². The number of benzene rings is 1. The van der Waals surface area contributed by atoms with Crippen LogP contribution >= 0.6 is 0 Å². The van der Waals surface area contributed by atoms with Crippen molar-refractivity contribution in [3.63, 3.8) is 0 Å². The van der Waals surface area contributed by atoms with E-state index in [0.717, 1.165) is 0 Å². The average Bonchev–Trinajstić information content (AvgIpc) is 2.52. The van der Waals surface area contributed by atoms with Crippen molar-refractivity contribution in [1.29, 1.82) is 0 Å². The van der Waals surface area contributed by atoms with Crippen LogP contribution < -0.4 is 4.74 Å². The number of likely N-dealkylation sites (tertiary alicyclic amines) is 1. The summed E-state index contributed by atoms with van der Waals surface area (Å²) in [5, 5.41) is 20.0. The van der Waals surface area contributed by atoms with Crippen LogP contribution in [-0.4, -0.2) is 46.5 Å². The molecule has 1 aromatic rings. The Hall–Kier alpha value is -2.64. The third-order valence-electron chi connectivity index (χ3n) is 3.99. The van der Waals surface area contributed by atoms with Crippen molar-refractivity contribution in [1.82, 2.24) is 4.90 Å². The Kier molecular flexibility index (Phi) is 5.15. The van der Waals surface area contributed by atoms with Gasteiger partial charge in [0, 0.05) is 19.2 Å². The lowest BCUT2D eigenvalue weighted by Crippen LogP contribution is -2.46. The summed E-state index contributed by atoms with van der Waals surface area (Å²) in [5.74, 6) is -1.70. The minimum absolute atomic E-state index is 0.0410. The van der Waals surface area contributed by atoms with Crippen LogP contribution in [0.3, 0.4) is 0 Å². The number of aliphatic carboxylic acids is 1. The first kappa shape index (κ1) is 16.7. The van der Waals surface area contributed by atoms with Crippen LogP contribution in [0.4, 0.5) is 5.69 Å². The average molecular weight is 322 g/mol. The molecule has 8 nitrogen and oxygen atoms in total. The number of carboxylic acid groups (broad SMARTS) is 1. The summed E-state index contributed by atoms with van der Waals surface area (Å²) in [6.07, 6.45) is 0.397. The van der Waals surface area contributed by atoms with Crippen molar-refractivity contribution in [2.75, 3.05) is 19.7 Å². The van der Waals surface area contributed by atoms with Gasteiger partial charge in [0.2, 0.25) is 0 Å². The van der Waals surface area contributed by atoms with Crippen molar-refractivity contribution in [2.24, 2.45) is 11.8 Å². The molecular weight excluding hydrogens is 304 g/mol. The molecule has 1 aliphatic heterocycles. The molecule has 2 unspecified atom stereocenters. The Bertz CT molecular complexity index is 618. The highest BCUT2D eigenvalue weighted by Gasteiger charge is 2.33. The molecule has 0 spiro atoms. The lowest BCUT2D eigenvalue weighted by molar-refractivity contribution is -0.385. The Morgan fingerprint density at radius 1 is 1.43 bits per heavy atom. The molecule has 1 saturated heterocycles. The van der Waals surface area contributed by atoms with E-state index in [1.807, 2.05) is 0 Å². The van der Waals surface area contributed by atoms with Gasteiger partial charge >= 0.3 is 11.7 Å². The number of piperidine rings is 1. The predicted octanol–water partition coefficient (Wildman–Crippen LogP) is 1.54. The van der Waals surface area contributed by atoms with E-state index in [1.54, 1.807) is 17.9 Å². The summed E-state index contributed by atoms with van der Waals surface area (Å²) in [6.45, 7) is 2.17. The summed E-state index contributed by atoms with van der Waals surface area (Å²) >= 11 is 0. The predicted molar refractivity (Wildman–Crippen MR) is 80.1 cm³/mol. The van der Waals surface area contributed by atoms with Crippen molar-refractivity contribution in [3.8, 4) is 5.75 Å². The Morgan fingerprint density at radius 2 is 2.13 bits per heavy atom. The first-order valence-corrected chi connectivity index (χ1v) is 7.27. The van der Waals surface area contributed by atoms with Gasteiger partial charge in [-0.2, -0.15) is 0 Å². The minimum Gasteiger partial charge on any atom is -0.481 e. The zero-order chi connectivity index (χ0) is 17.0. The van der Waals surface area contributed by atoms with E-state index in [0.29, 0.717) is 19.5 Å². The first-order chi connectivity index (χ1) is 10.9. The largest absolute Gasteiger partial charge is 0.481 e. The van der Waals surface area contributed by atoms with E-state index < -0.39 is 16.8 Å². The number of ether oxygens (including phenoxy) is 1. The zero-order valence-electron chi connectivity index (χ0n) is 12.7. The zero-order valence-corrected chi connectivity index (χ0v) is 12.7. The minimum atomic E-state index is -0.847. The van der Waals surface area contributed by atoms with E-state index in [9.17, 15) is 19.7 Å². The van der Waals surface area contributed by atoms with Crippen molar-refractivity contribution in [3.05, 3.63) is 34.4 Å². The van der Waals surface area contributed by atoms with Gasteiger partial charge in [0.15, 0.2) is 12.4 Å². The lowest BCUT2D eigenvalue weighted by Gasteiger charge is -2.34. The molecule has 1 N–H and O–H groups in total. The molecule has 23 heavy (non-hydrogen) atoms. The van der Waals surface area contributed by atoms with E-state index in [-0.39, 0.29) is 29.9 Å².